The number of carboxylic acids is 1. The van der Waals surface area contributed by atoms with Crippen molar-refractivity contribution in [3.05, 3.63) is 22.7 Å². The summed E-state index contributed by atoms with van der Waals surface area (Å²) in [7, 11) is -16.9. The van der Waals surface area contributed by atoms with Crippen LogP contribution in [0.1, 0.15) is 19.1 Å². The van der Waals surface area contributed by atoms with Crippen LogP contribution in [-0.4, -0.2) is 81.9 Å². The first-order valence-corrected chi connectivity index (χ1v) is 14.0. The lowest BCUT2D eigenvalue weighted by atomic mass is 10.1. The zero-order valence-corrected chi connectivity index (χ0v) is 20.4. The molecular formula is C13H22N3O17P3. The van der Waals surface area contributed by atoms with E-state index in [4.69, 9.17) is 29.4 Å². The maximum Gasteiger partial charge on any atom is 0.490 e. The van der Waals surface area contributed by atoms with Gasteiger partial charge in [-0.1, -0.05) is 0 Å². The summed E-state index contributed by atoms with van der Waals surface area (Å²) in [6, 6.07) is 1.21. The molecule has 1 aliphatic heterocycles. The highest BCUT2D eigenvalue weighted by molar-refractivity contribution is 7.66. The highest BCUT2D eigenvalue weighted by Crippen LogP contribution is 2.66. The molecule has 2 rings (SSSR count). The summed E-state index contributed by atoms with van der Waals surface area (Å²) >= 11 is 0. The Morgan fingerprint density at radius 2 is 1.78 bits per heavy atom. The van der Waals surface area contributed by atoms with Crippen molar-refractivity contribution < 1.29 is 76.1 Å². The van der Waals surface area contributed by atoms with Gasteiger partial charge in [-0.3, -0.25) is 18.7 Å². The number of rotatable bonds is 14. The van der Waals surface area contributed by atoms with E-state index in [2.05, 4.69) is 23.6 Å². The van der Waals surface area contributed by atoms with Crippen molar-refractivity contribution in [2.75, 3.05) is 18.7 Å². The molecule has 1 fully saturated rings. The van der Waals surface area contributed by atoms with Crippen LogP contribution in [0.4, 0.5) is 5.82 Å². The molecule has 1 aromatic heterocycles. The Bertz CT molecular complexity index is 1120. The minimum Gasteiger partial charge on any atom is -0.481 e. The minimum atomic E-state index is -5.76. The van der Waals surface area contributed by atoms with Gasteiger partial charge in [-0.15, -0.1) is 0 Å². The van der Waals surface area contributed by atoms with Crippen molar-refractivity contribution in [1.29, 1.82) is 0 Å². The highest BCUT2D eigenvalue weighted by Gasteiger charge is 2.46. The molecule has 36 heavy (non-hydrogen) atoms. The third kappa shape index (κ3) is 9.70. The van der Waals surface area contributed by atoms with Gasteiger partial charge < -0.3 is 39.6 Å². The number of aliphatic carboxylic acids is 1. The van der Waals surface area contributed by atoms with Gasteiger partial charge in [0.05, 0.1) is 13.2 Å². The van der Waals surface area contributed by atoms with Crippen LogP contribution >= 0.6 is 23.5 Å². The summed E-state index contributed by atoms with van der Waals surface area (Å²) < 4.78 is 51.2. The molecular weight excluding hydrogens is 563 g/mol. The number of phosphoric acid groups is 3. The topological polar surface area (TPSA) is 303 Å². The lowest BCUT2D eigenvalue weighted by Gasteiger charge is -2.19. The molecule has 0 bridgehead atoms. The van der Waals surface area contributed by atoms with Crippen molar-refractivity contribution in [1.82, 2.24) is 9.55 Å². The maximum atomic E-state index is 12.3. The Hall–Kier alpha value is -1.60. The first-order valence-electron chi connectivity index (χ1n) is 9.48. The Morgan fingerprint density at radius 3 is 2.36 bits per heavy atom. The molecule has 0 aromatic carbocycles. The lowest BCUT2D eigenvalue weighted by molar-refractivity contribution is -0.137. The number of nitrogens with one attached hydrogen (secondary N) is 1. The van der Waals surface area contributed by atoms with E-state index in [9.17, 15) is 38.4 Å². The number of aliphatic hydroxyl groups excluding tert-OH is 2. The van der Waals surface area contributed by atoms with Gasteiger partial charge in [-0.05, 0) is 12.5 Å². The van der Waals surface area contributed by atoms with E-state index < -0.39 is 66.3 Å². The number of phosphoric ester groups is 1. The zero-order valence-electron chi connectivity index (χ0n) is 17.7. The fourth-order valence-electron chi connectivity index (χ4n) is 2.65. The van der Waals surface area contributed by atoms with Crippen LogP contribution in [0.2, 0.25) is 0 Å². The fourth-order valence-corrected chi connectivity index (χ4v) is 5.68. The molecule has 1 aromatic rings. The molecule has 1 aliphatic rings. The second kappa shape index (κ2) is 12.3. The summed E-state index contributed by atoms with van der Waals surface area (Å²) in [5, 5.41) is 28.9. The molecule has 6 atom stereocenters. The highest BCUT2D eigenvalue weighted by atomic mass is 31.3. The van der Waals surface area contributed by atoms with E-state index >= 15 is 0 Å². The fraction of sp³-hybridized carbons (Fsp3) is 0.615. The summed E-state index contributed by atoms with van der Waals surface area (Å²) in [5.74, 6) is -1.10. The van der Waals surface area contributed by atoms with E-state index in [1.54, 1.807) is 0 Å². The number of aromatic nitrogens is 2. The molecule has 23 heteroatoms. The summed E-state index contributed by atoms with van der Waals surface area (Å²) in [6.45, 7) is -1.07. The second-order valence-electron chi connectivity index (χ2n) is 6.88. The number of anilines is 1. The van der Waals surface area contributed by atoms with Gasteiger partial charge in [0.2, 0.25) is 0 Å². The predicted molar refractivity (Wildman–Crippen MR) is 111 cm³/mol. The van der Waals surface area contributed by atoms with Crippen LogP contribution in [0, 0.1) is 0 Å². The van der Waals surface area contributed by atoms with Gasteiger partial charge in [-0.2, -0.15) is 13.6 Å². The molecule has 2 heterocycles. The Kier molecular flexibility index (Phi) is 10.5. The maximum absolute atomic E-state index is 12.3. The van der Waals surface area contributed by atoms with Crippen molar-refractivity contribution in [3.8, 4) is 0 Å². The molecule has 20 nitrogen and oxygen atoms in total. The molecule has 8 N–H and O–H groups in total. The SMILES string of the molecule is O=C(O)CCCONc1ccn([C@@H]2O[C@H](COP(=O)(O)OP(=O)(O)OP(=O)(O)O)[C@@H](O)[C@H]2O)c(=O)n1. The Labute approximate surface area is 200 Å². The first-order chi connectivity index (χ1) is 16.5. The quantitative estimate of drug-likeness (QED) is 0.0693. The van der Waals surface area contributed by atoms with Gasteiger partial charge in [0.1, 0.15) is 18.3 Å². The number of aliphatic hydroxyl groups is 2. The van der Waals surface area contributed by atoms with Gasteiger partial charge >= 0.3 is 35.1 Å². The lowest BCUT2D eigenvalue weighted by Crippen LogP contribution is -2.36. The van der Waals surface area contributed by atoms with E-state index in [0.717, 1.165) is 10.8 Å². The van der Waals surface area contributed by atoms with Crippen molar-refractivity contribution in [2.24, 2.45) is 0 Å². The number of nitrogens with zero attached hydrogens (tertiary/aromatic N) is 2. The first kappa shape index (κ1) is 30.6. The second-order valence-corrected chi connectivity index (χ2v) is 11.3. The molecule has 206 valence electrons. The van der Waals surface area contributed by atoms with E-state index in [0.29, 0.717) is 0 Å². The van der Waals surface area contributed by atoms with Crippen LogP contribution in [0.5, 0.6) is 0 Å². The number of hydrogen-bond acceptors (Lipinski definition) is 14. The van der Waals surface area contributed by atoms with Crippen molar-refractivity contribution in [3.63, 3.8) is 0 Å². The standard InChI is InChI=1S/C13H22N3O17P3/c17-9(18)2-1-5-29-15-8-3-4-16(13(21)14-8)12-11(20)10(19)7(31-12)6-30-35(25,26)33-36(27,28)32-34(22,23)24/h3-4,7,10-12,19-20H,1-2,5-6H2,(H,17,18)(H,25,26)(H,27,28)(H,14,15,21)(H2,22,23,24)/t7-,10-,11-,12-/m1/s1. The Balaban J connectivity index is 1.97. The third-order valence-electron chi connectivity index (χ3n) is 4.07. The van der Waals surface area contributed by atoms with E-state index in [1.807, 2.05) is 0 Å². The normalized spacial score (nSPS) is 25.7. The van der Waals surface area contributed by atoms with Crippen LogP contribution < -0.4 is 11.2 Å². The zero-order chi connectivity index (χ0) is 27.3. The van der Waals surface area contributed by atoms with Crippen LogP contribution in [-0.2, 0) is 41.2 Å². The van der Waals surface area contributed by atoms with E-state index in [1.165, 1.54) is 6.07 Å². The molecule has 0 spiro atoms. The number of ether oxygens (including phenoxy) is 1. The van der Waals surface area contributed by atoms with Gasteiger partial charge in [0.25, 0.3) is 0 Å². The molecule has 0 aliphatic carbocycles. The van der Waals surface area contributed by atoms with Gasteiger partial charge in [0, 0.05) is 12.6 Å². The Morgan fingerprint density at radius 1 is 1.11 bits per heavy atom. The number of hydrogen-bond donors (Lipinski definition) is 8. The smallest absolute Gasteiger partial charge is 0.481 e. The van der Waals surface area contributed by atoms with E-state index in [-0.39, 0.29) is 25.3 Å². The summed E-state index contributed by atoms with van der Waals surface area (Å²) in [4.78, 5) is 66.9. The van der Waals surface area contributed by atoms with Crippen LogP contribution in [0.25, 0.3) is 0 Å². The number of carboxylic acid groups (broad SMARTS) is 1. The molecule has 2 unspecified atom stereocenters. The predicted octanol–water partition coefficient (Wildman–Crippen LogP) is -1.59. The van der Waals surface area contributed by atoms with Crippen molar-refractivity contribution in [2.45, 2.75) is 37.4 Å². The number of carbonyl (C=O) groups is 1. The summed E-state index contributed by atoms with van der Waals surface area (Å²) in [5.41, 5.74) is 1.31. The minimum absolute atomic E-state index is 0.00894. The van der Waals surface area contributed by atoms with Gasteiger partial charge in [0.15, 0.2) is 12.0 Å². The molecule has 0 radical (unpaired) electrons. The molecule has 1 saturated heterocycles. The van der Waals surface area contributed by atoms with Gasteiger partial charge in [-0.25, -0.2) is 24.0 Å². The monoisotopic (exact) mass is 585 g/mol. The molecule has 0 amide bonds. The molecule has 0 saturated carbocycles. The average Bonchev–Trinajstić information content (AvgIpc) is 2.97. The summed E-state index contributed by atoms with van der Waals surface area (Å²) in [6.07, 6.45) is -5.64. The average molecular weight is 585 g/mol. The largest absolute Gasteiger partial charge is 0.490 e. The third-order valence-corrected chi connectivity index (χ3v) is 7.88. The van der Waals surface area contributed by atoms with Crippen molar-refractivity contribution >= 4 is 35.3 Å². The van der Waals surface area contributed by atoms with Crippen LogP contribution in [0.15, 0.2) is 17.1 Å². The van der Waals surface area contributed by atoms with Crippen LogP contribution in [0.3, 0.4) is 0 Å².